The number of aryl methyl sites for hydroxylation is 1. The molecule has 1 saturated heterocycles. The van der Waals surface area contributed by atoms with Gasteiger partial charge in [-0.05, 0) is 56.3 Å². The van der Waals surface area contributed by atoms with Crippen molar-refractivity contribution in [2.75, 3.05) is 56.5 Å². The first-order valence-electron chi connectivity index (χ1n) is 10.2. The summed E-state index contributed by atoms with van der Waals surface area (Å²) in [6, 6.07) is 12.1. The van der Waals surface area contributed by atoms with Crippen LogP contribution in [0.2, 0.25) is 0 Å². The average Bonchev–Trinajstić information content (AvgIpc) is 2.70. The Hall–Kier alpha value is -2.93. The first-order valence-corrected chi connectivity index (χ1v) is 10.2. The minimum absolute atomic E-state index is 0.0108. The van der Waals surface area contributed by atoms with E-state index in [1.54, 1.807) is 18.0 Å². The Bertz CT molecular complexity index is 910. The fourth-order valence-electron chi connectivity index (χ4n) is 3.67. The number of amides is 2. The first-order chi connectivity index (χ1) is 14.3. The summed E-state index contributed by atoms with van der Waals surface area (Å²) < 4.78 is 13.2. The van der Waals surface area contributed by atoms with Crippen molar-refractivity contribution in [1.29, 1.82) is 0 Å². The molecule has 3 rings (SSSR count). The van der Waals surface area contributed by atoms with E-state index >= 15 is 0 Å². The second-order valence-electron chi connectivity index (χ2n) is 7.82. The van der Waals surface area contributed by atoms with E-state index < -0.39 is 5.82 Å². The maximum Gasteiger partial charge on any atom is 0.238 e. The maximum atomic E-state index is 13.2. The predicted octanol–water partition coefficient (Wildman–Crippen LogP) is 2.66. The molecule has 0 radical (unpaired) electrons. The Morgan fingerprint density at radius 2 is 1.73 bits per heavy atom. The van der Waals surface area contributed by atoms with Crippen molar-refractivity contribution >= 4 is 23.2 Å². The Kier molecular flexibility index (Phi) is 7.05. The second kappa shape index (κ2) is 9.71. The lowest BCUT2D eigenvalue weighted by Crippen LogP contribution is -2.51. The van der Waals surface area contributed by atoms with Crippen LogP contribution in [0.15, 0.2) is 42.5 Å². The summed E-state index contributed by atoms with van der Waals surface area (Å²) in [4.78, 5) is 30.6. The molecule has 30 heavy (non-hydrogen) atoms. The molecule has 0 aromatic heterocycles. The van der Waals surface area contributed by atoms with Gasteiger partial charge in [-0.2, -0.15) is 0 Å². The van der Waals surface area contributed by atoms with Crippen molar-refractivity contribution in [3.8, 4) is 0 Å². The smallest absolute Gasteiger partial charge is 0.238 e. The molecule has 0 bridgehead atoms. The number of hydrogen-bond donors (Lipinski definition) is 1. The summed E-state index contributed by atoms with van der Waals surface area (Å²) >= 11 is 0. The Labute approximate surface area is 177 Å². The Balaban J connectivity index is 1.46. The van der Waals surface area contributed by atoms with Gasteiger partial charge in [0.1, 0.15) is 5.82 Å². The van der Waals surface area contributed by atoms with Gasteiger partial charge in [-0.25, -0.2) is 4.39 Å². The number of carbonyl (C=O) groups excluding carboxylic acids is 2. The molecule has 2 aromatic rings. The zero-order valence-corrected chi connectivity index (χ0v) is 17.8. The molecule has 0 unspecified atom stereocenters. The summed E-state index contributed by atoms with van der Waals surface area (Å²) in [7, 11) is 1.73. The van der Waals surface area contributed by atoms with Gasteiger partial charge in [0.25, 0.3) is 0 Å². The van der Waals surface area contributed by atoms with Crippen molar-refractivity contribution in [1.82, 2.24) is 9.80 Å². The minimum Gasteiger partial charge on any atom is -0.368 e. The van der Waals surface area contributed by atoms with Crippen molar-refractivity contribution < 1.29 is 14.0 Å². The van der Waals surface area contributed by atoms with Crippen LogP contribution >= 0.6 is 0 Å². The molecule has 1 aliphatic heterocycles. The number of halogens is 1. The van der Waals surface area contributed by atoms with Crippen molar-refractivity contribution in [2.45, 2.75) is 13.8 Å². The maximum absolute atomic E-state index is 13.2. The van der Waals surface area contributed by atoms with Gasteiger partial charge in [-0.15, -0.1) is 0 Å². The molecule has 0 saturated carbocycles. The van der Waals surface area contributed by atoms with Gasteiger partial charge in [0.05, 0.1) is 13.1 Å². The van der Waals surface area contributed by atoms with E-state index in [0.29, 0.717) is 18.8 Å². The summed E-state index contributed by atoms with van der Waals surface area (Å²) in [5.74, 6) is -0.677. The second-order valence-corrected chi connectivity index (χ2v) is 7.82. The Morgan fingerprint density at radius 1 is 1.03 bits per heavy atom. The van der Waals surface area contributed by atoms with Crippen molar-refractivity contribution in [3.63, 3.8) is 0 Å². The predicted molar refractivity (Wildman–Crippen MR) is 117 cm³/mol. The third-order valence-corrected chi connectivity index (χ3v) is 5.48. The van der Waals surface area contributed by atoms with Crippen LogP contribution in [0.25, 0.3) is 0 Å². The van der Waals surface area contributed by atoms with Crippen LogP contribution in [0.4, 0.5) is 15.8 Å². The lowest BCUT2D eigenvalue weighted by molar-refractivity contribution is -0.132. The molecule has 1 heterocycles. The van der Waals surface area contributed by atoms with E-state index in [1.807, 2.05) is 4.90 Å². The van der Waals surface area contributed by atoms with E-state index in [4.69, 9.17) is 0 Å². The van der Waals surface area contributed by atoms with Crippen LogP contribution in [0.5, 0.6) is 0 Å². The molecule has 160 valence electrons. The van der Waals surface area contributed by atoms with E-state index in [2.05, 4.69) is 42.3 Å². The van der Waals surface area contributed by atoms with Gasteiger partial charge < -0.3 is 15.1 Å². The number of likely N-dealkylation sites (N-methyl/N-ethyl adjacent to an activating group) is 1. The summed E-state index contributed by atoms with van der Waals surface area (Å²) in [6.45, 7) is 7.38. The van der Waals surface area contributed by atoms with Crippen LogP contribution in [-0.2, 0) is 9.59 Å². The monoisotopic (exact) mass is 412 g/mol. The number of carbonyl (C=O) groups is 2. The molecule has 7 heteroatoms. The molecular formula is C23H29FN4O2. The van der Waals surface area contributed by atoms with Gasteiger partial charge in [-0.1, -0.05) is 18.2 Å². The molecule has 0 aliphatic carbocycles. The zero-order chi connectivity index (χ0) is 21.7. The highest BCUT2D eigenvalue weighted by Crippen LogP contribution is 2.23. The highest BCUT2D eigenvalue weighted by Gasteiger charge is 2.23. The molecule has 1 N–H and O–H groups in total. The van der Waals surface area contributed by atoms with Crippen LogP contribution in [0.1, 0.15) is 11.1 Å². The minimum atomic E-state index is -0.406. The van der Waals surface area contributed by atoms with E-state index in [-0.39, 0.29) is 24.9 Å². The van der Waals surface area contributed by atoms with Crippen LogP contribution in [0, 0.1) is 19.7 Å². The lowest BCUT2D eigenvalue weighted by Gasteiger charge is -2.37. The van der Waals surface area contributed by atoms with Crippen molar-refractivity contribution in [2.24, 2.45) is 0 Å². The fraction of sp³-hybridized carbons (Fsp3) is 0.391. The molecule has 2 amide bonds. The van der Waals surface area contributed by atoms with Crippen LogP contribution in [0.3, 0.4) is 0 Å². The van der Waals surface area contributed by atoms with Crippen molar-refractivity contribution in [3.05, 3.63) is 59.4 Å². The first kappa shape index (κ1) is 21.8. The number of nitrogens with one attached hydrogen (secondary N) is 1. The van der Waals surface area contributed by atoms with Crippen LogP contribution < -0.4 is 10.2 Å². The largest absolute Gasteiger partial charge is 0.368 e. The third-order valence-electron chi connectivity index (χ3n) is 5.48. The topological polar surface area (TPSA) is 55.9 Å². The normalized spacial score (nSPS) is 14.2. The number of hydrogen-bond acceptors (Lipinski definition) is 4. The lowest BCUT2D eigenvalue weighted by atomic mass is 10.1. The van der Waals surface area contributed by atoms with E-state index in [1.165, 1.54) is 35.0 Å². The average molecular weight is 413 g/mol. The van der Waals surface area contributed by atoms with Gasteiger partial charge in [0, 0.05) is 37.6 Å². The van der Waals surface area contributed by atoms with Gasteiger partial charge in [-0.3, -0.25) is 14.5 Å². The molecule has 0 atom stereocenters. The third kappa shape index (κ3) is 5.57. The number of benzene rings is 2. The van der Waals surface area contributed by atoms with E-state index in [9.17, 15) is 14.0 Å². The van der Waals surface area contributed by atoms with Gasteiger partial charge in [0.15, 0.2) is 0 Å². The number of nitrogens with zero attached hydrogens (tertiary/aromatic N) is 3. The quantitative estimate of drug-likeness (QED) is 0.793. The Morgan fingerprint density at radius 3 is 2.43 bits per heavy atom. The van der Waals surface area contributed by atoms with E-state index in [0.717, 1.165) is 13.1 Å². The highest BCUT2D eigenvalue weighted by molar-refractivity contribution is 5.92. The summed E-state index contributed by atoms with van der Waals surface area (Å²) in [5.41, 5.74) is 4.18. The SMILES string of the molecule is Cc1cccc(N2CCN(C(=O)CN(C)CC(=O)Nc3cccc(F)c3)CC2)c1C. The number of anilines is 2. The highest BCUT2D eigenvalue weighted by atomic mass is 19.1. The summed E-state index contributed by atoms with van der Waals surface area (Å²) in [5, 5.41) is 2.65. The molecule has 2 aromatic carbocycles. The number of rotatable bonds is 6. The number of piperazine rings is 1. The summed E-state index contributed by atoms with van der Waals surface area (Å²) in [6.07, 6.45) is 0. The van der Waals surface area contributed by atoms with Gasteiger partial charge >= 0.3 is 0 Å². The zero-order valence-electron chi connectivity index (χ0n) is 17.8. The molecule has 6 nitrogen and oxygen atoms in total. The molecule has 0 spiro atoms. The molecular weight excluding hydrogens is 383 g/mol. The van der Waals surface area contributed by atoms with Gasteiger partial charge in [0.2, 0.25) is 11.8 Å². The molecule has 1 fully saturated rings. The van der Waals surface area contributed by atoms with Crippen LogP contribution in [-0.4, -0.2) is 67.9 Å². The fourth-order valence-corrected chi connectivity index (χ4v) is 3.67. The molecule has 1 aliphatic rings. The standard InChI is InChI=1S/C23H29FN4O2/c1-17-6-4-9-21(18(17)2)27-10-12-28(13-11-27)23(30)16-26(3)15-22(29)25-20-8-5-7-19(24)14-20/h4-9,14H,10-13,15-16H2,1-3H3,(H,25,29).